The minimum Gasteiger partial charge on any atom is -0.364 e. The van der Waals surface area contributed by atoms with Crippen molar-refractivity contribution >= 4 is 40.7 Å². The highest BCUT2D eigenvalue weighted by atomic mass is 16.2. The molecule has 3 aromatic rings. The van der Waals surface area contributed by atoms with Gasteiger partial charge in [-0.2, -0.15) is 0 Å². The van der Waals surface area contributed by atoms with E-state index in [1.165, 1.54) is 4.90 Å². The molecule has 0 spiro atoms. The number of Topliss-reactive ketones (excluding diaryl/α,β-unsaturated/α-hetero) is 1. The molecule has 2 aromatic heterocycles. The second-order valence-corrected chi connectivity index (χ2v) is 8.50. The van der Waals surface area contributed by atoms with Crippen molar-refractivity contribution in [2.24, 2.45) is 0 Å². The topological polar surface area (TPSA) is 103 Å². The Bertz CT molecular complexity index is 1310. The smallest absolute Gasteiger partial charge is 0.295 e. The summed E-state index contributed by atoms with van der Waals surface area (Å²) in [5.74, 6) is -1.17. The molecule has 3 heterocycles. The Morgan fingerprint density at radius 1 is 1.09 bits per heavy atom. The van der Waals surface area contributed by atoms with Crippen molar-refractivity contribution in [1.29, 1.82) is 0 Å². The maximum Gasteiger partial charge on any atom is 0.295 e. The molecular weight excluding hydrogens is 432 g/mol. The lowest BCUT2D eigenvalue weighted by molar-refractivity contribution is -0.130. The van der Waals surface area contributed by atoms with E-state index in [1.54, 1.807) is 41.6 Å². The predicted molar refractivity (Wildman–Crippen MR) is 128 cm³/mol. The number of aryl methyl sites for hydroxylation is 2. The highest BCUT2D eigenvalue weighted by Crippen LogP contribution is 2.26. The number of hydrogen-bond donors (Lipinski definition) is 1. The molecule has 0 aliphatic carbocycles. The maximum absolute atomic E-state index is 13.2. The number of pyridine rings is 1. The van der Waals surface area contributed by atoms with Gasteiger partial charge in [-0.15, -0.1) is 0 Å². The lowest BCUT2D eigenvalue weighted by atomic mass is 10.0. The molecule has 1 aliphatic rings. The van der Waals surface area contributed by atoms with Crippen LogP contribution in [0, 0.1) is 13.8 Å². The van der Waals surface area contributed by atoms with Crippen molar-refractivity contribution in [3.05, 3.63) is 70.8 Å². The highest BCUT2D eigenvalue weighted by Gasteiger charge is 2.34. The van der Waals surface area contributed by atoms with Gasteiger partial charge in [0, 0.05) is 49.0 Å². The minimum atomic E-state index is -0.586. The van der Waals surface area contributed by atoms with Crippen LogP contribution >= 0.6 is 0 Å². The number of nitrogens with zero attached hydrogens (tertiary/aromatic N) is 3. The van der Waals surface area contributed by atoms with Crippen LogP contribution in [0.3, 0.4) is 0 Å². The Balaban J connectivity index is 1.57. The standard InChI is InChI=1S/C26H26N4O4/c1-16-11-27-18(3)24-23(16)20(12-28-24)25(33)26(34)30-10-9-29(13-17(30)2)22(15-32)21(14-31)19-7-5-4-6-8-19/h4-8,11-12,14-15,17,28H,9-10,13H2,1-3H3/b22-21-/t17-/m1/s1. The molecule has 8 heteroatoms. The SMILES string of the molecule is Cc1ncc(C)c2c(C(=O)C(=O)N3CCN(/C(C=O)=C(/C=O)c4ccccc4)C[C@H]3C)c[nH]c12. The average Bonchev–Trinajstić information content (AvgIpc) is 3.31. The number of aldehydes is 2. The van der Waals surface area contributed by atoms with E-state index in [4.69, 9.17) is 0 Å². The minimum absolute atomic E-state index is 0.256. The van der Waals surface area contributed by atoms with Crippen molar-refractivity contribution < 1.29 is 19.2 Å². The summed E-state index contributed by atoms with van der Waals surface area (Å²) in [5.41, 5.74) is 3.89. The number of rotatable bonds is 6. The van der Waals surface area contributed by atoms with Gasteiger partial charge in [-0.05, 0) is 31.9 Å². The van der Waals surface area contributed by atoms with E-state index in [0.717, 1.165) is 16.8 Å². The van der Waals surface area contributed by atoms with Crippen LogP contribution < -0.4 is 0 Å². The second-order valence-electron chi connectivity index (χ2n) is 8.50. The van der Waals surface area contributed by atoms with Crippen LogP contribution in [0.4, 0.5) is 0 Å². The molecule has 1 saturated heterocycles. The third kappa shape index (κ3) is 4.03. The molecule has 1 N–H and O–H groups in total. The second kappa shape index (κ2) is 9.43. The van der Waals surface area contributed by atoms with Gasteiger partial charge in [-0.25, -0.2) is 0 Å². The van der Waals surface area contributed by atoms with Gasteiger partial charge >= 0.3 is 0 Å². The fourth-order valence-electron chi connectivity index (χ4n) is 4.55. The lowest BCUT2D eigenvalue weighted by Crippen LogP contribution is -2.55. The van der Waals surface area contributed by atoms with Gasteiger partial charge < -0.3 is 14.8 Å². The van der Waals surface area contributed by atoms with Crippen molar-refractivity contribution in [2.45, 2.75) is 26.8 Å². The molecule has 174 valence electrons. The zero-order chi connectivity index (χ0) is 24.4. The van der Waals surface area contributed by atoms with Crippen molar-refractivity contribution in [1.82, 2.24) is 19.8 Å². The van der Waals surface area contributed by atoms with E-state index in [1.807, 2.05) is 26.8 Å². The molecule has 8 nitrogen and oxygen atoms in total. The quantitative estimate of drug-likeness (QED) is 0.264. The van der Waals surface area contributed by atoms with Crippen LogP contribution in [0.15, 0.2) is 48.4 Å². The Kier molecular flexibility index (Phi) is 6.40. The fraction of sp³-hybridized carbons (Fsp3) is 0.269. The molecule has 1 amide bonds. The normalized spacial score (nSPS) is 16.9. The maximum atomic E-state index is 13.2. The monoisotopic (exact) mass is 458 g/mol. The van der Waals surface area contributed by atoms with Gasteiger partial charge in [-0.3, -0.25) is 24.2 Å². The highest BCUT2D eigenvalue weighted by molar-refractivity contribution is 6.45. The van der Waals surface area contributed by atoms with Crippen molar-refractivity contribution in [2.75, 3.05) is 19.6 Å². The third-order valence-electron chi connectivity index (χ3n) is 6.35. The molecule has 1 atom stereocenters. The third-order valence-corrected chi connectivity index (χ3v) is 6.35. The van der Waals surface area contributed by atoms with Crippen LogP contribution in [0.5, 0.6) is 0 Å². The van der Waals surface area contributed by atoms with Gasteiger partial charge in [0.25, 0.3) is 11.7 Å². The molecule has 0 saturated carbocycles. The van der Waals surface area contributed by atoms with E-state index >= 15 is 0 Å². The van der Waals surface area contributed by atoms with Gasteiger partial charge in [0.05, 0.1) is 22.5 Å². The number of carbonyl (C=O) groups is 4. The van der Waals surface area contributed by atoms with Crippen LogP contribution in [0.1, 0.15) is 34.1 Å². The summed E-state index contributed by atoms with van der Waals surface area (Å²) >= 11 is 0. The fourth-order valence-corrected chi connectivity index (χ4v) is 4.55. The average molecular weight is 459 g/mol. The first-order valence-corrected chi connectivity index (χ1v) is 11.1. The summed E-state index contributed by atoms with van der Waals surface area (Å²) in [6, 6.07) is 8.65. The molecule has 1 fully saturated rings. The number of piperazine rings is 1. The van der Waals surface area contributed by atoms with Crippen molar-refractivity contribution in [3.8, 4) is 0 Å². The molecule has 0 radical (unpaired) electrons. The van der Waals surface area contributed by atoms with E-state index in [-0.39, 0.29) is 18.3 Å². The molecule has 1 aliphatic heterocycles. The molecule has 1 aromatic carbocycles. The van der Waals surface area contributed by atoms with Crippen LogP contribution in [0.2, 0.25) is 0 Å². The number of H-pyrrole nitrogens is 1. The summed E-state index contributed by atoms with van der Waals surface area (Å²) in [5, 5.41) is 0.710. The van der Waals surface area contributed by atoms with Crippen LogP contribution in [0.25, 0.3) is 16.5 Å². The number of carbonyl (C=O) groups excluding carboxylic acids is 4. The van der Waals surface area contributed by atoms with Gasteiger partial charge in [0.2, 0.25) is 0 Å². The van der Waals surface area contributed by atoms with Gasteiger partial charge in [-0.1, -0.05) is 30.3 Å². The van der Waals surface area contributed by atoms with Gasteiger partial charge in [0.15, 0.2) is 12.6 Å². The van der Waals surface area contributed by atoms with E-state index < -0.39 is 11.7 Å². The number of benzene rings is 1. The summed E-state index contributed by atoms with van der Waals surface area (Å²) in [6.07, 6.45) is 4.62. The Morgan fingerprint density at radius 2 is 1.82 bits per heavy atom. The van der Waals surface area contributed by atoms with Crippen LogP contribution in [-0.2, 0) is 14.4 Å². The number of aromatic amines is 1. The number of allylic oxidation sites excluding steroid dienone is 2. The predicted octanol–water partition coefficient (Wildman–Crippen LogP) is 2.70. The number of nitrogens with one attached hydrogen (secondary N) is 1. The zero-order valence-corrected chi connectivity index (χ0v) is 19.4. The van der Waals surface area contributed by atoms with Crippen molar-refractivity contribution in [3.63, 3.8) is 0 Å². The van der Waals surface area contributed by atoms with Gasteiger partial charge in [0.1, 0.15) is 0 Å². The first-order chi connectivity index (χ1) is 16.4. The zero-order valence-electron chi connectivity index (χ0n) is 19.4. The molecule has 0 bridgehead atoms. The molecule has 4 rings (SSSR count). The molecular formula is C26H26N4O4. The summed E-state index contributed by atoms with van der Waals surface area (Å²) in [6.45, 7) is 6.45. The number of amides is 1. The van der Waals surface area contributed by atoms with E-state index in [9.17, 15) is 19.2 Å². The first-order valence-electron chi connectivity index (χ1n) is 11.1. The van der Waals surface area contributed by atoms with Crippen LogP contribution in [-0.4, -0.2) is 69.7 Å². The van der Waals surface area contributed by atoms with E-state index in [0.29, 0.717) is 47.7 Å². The summed E-state index contributed by atoms with van der Waals surface area (Å²) in [4.78, 5) is 60.9. The lowest BCUT2D eigenvalue weighted by Gasteiger charge is -2.40. The molecule has 34 heavy (non-hydrogen) atoms. The Hall–Kier alpha value is -4.07. The number of ketones is 1. The Morgan fingerprint density at radius 3 is 2.47 bits per heavy atom. The molecule has 0 unspecified atom stereocenters. The number of hydrogen-bond acceptors (Lipinski definition) is 6. The number of fused-ring (bicyclic) bond motifs is 1. The first kappa shape index (κ1) is 23.1. The number of aromatic nitrogens is 2. The summed E-state index contributed by atoms with van der Waals surface area (Å²) < 4.78 is 0. The largest absolute Gasteiger partial charge is 0.364 e. The summed E-state index contributed by atoms with van der Waals surface area (Å²) in [7, 11) is 0. The van der Waals surface area contributed by atoms with E-state index in [2.05, 4.69) is 9.97 Å². The Labute approximate surface area is 197 Å².